The Hall–Kier alpha value is -1.55. The molecule has 2 rings (SSSR count). The molecule has 84 valence electrons. The lowest BCUT2D eigenvalue weighted by Gasteiger charge is -1.92. The largest absolute Gasteiger partial charge is 0.478 e. The van der Waals surface area contributed by atoms with Crippen LogP contribution in [0.25, 0.3) is 11.0 Å². The normalized spacial score (nSPS) is 10.8. The minimum atomic E-state index is -0.932. The van der Waals surface area contributed by atoms with Gasteiger partial charge in [0, 0.05) is 12.3 Å². The quantitative estimate of drug-likeness (QED) is 0.804. The summed E-state index contributed by atoms with van der Waals surface area (Å²) in [5.41, 5.74) is 1.80. The molecule has 0 saturated heterocycles. The summed E-state index contributed by atoms with van der Waals surface area (Å²) in [5.74, 6) is 0.509. The van der Waals surface area contributed by atoms with Crippen LogP contribution in [0.15, 0.2) is 18.2 Å². The van der Waals surface area contributed by atoms with Gasteiger partial charge in [-0.1, -0.05) is 0 Å². The number of nitrogens with one attached hydrogen (secondary N) is 1. The van der Waals surface area contributed by atoms with Crippen LogP contribution in [0.3, 0.4) is 0 Å². The molecule has 0 atom stereocenters. The third-order valence-electron chi connectivity index (χ3n) is 2.33. The number of carbonyl (C=O) groups is 1. The van der Waals surface area contributed by atoms with Crippen LogP contribution in [0, 0.1) is 0 Å². The maximum atomic E-state index is 10.8. The van der Waals surface area contributed by atoms with E-state index in [4.69, 9.17) is 16.7 Å². The summed E-state index contributed by atoms with van der Waals surface area (Å²) in [5, 5.41) is 8.84. The van der Waals surface area contributed by atoms with Crippen molar-refractivity contribution in [3.8, 4) is 0 Å². The van der Waals surface area contributed by atoms with E-state index >= 15 is 0 Å². The van der Waals surface area contributed by atoms with Gasteiger partial charge in [-0.15, -0.1) is 11.6 Å². The Labute approximate surface area is 97.3 Å². The molecule has 16 heavy (non-hydrogen) atoms. The zero-order chi connectivity index (χ0) is 11.5. The zero-order valence-electron chi connectivity index (χ0n) is 8.53. The van der Waals surface area contributed by atoms with Crippen molar-refractivity contribution in [2.45, 2.75) is 12.8 Å². The lowest BCUT2D eigenvalue weighted by Crippen LogP contribution is -1.94. The van der Waals surface area contributed by atoms with Gasteiger partial charge in [-0.3, -0.25) is 0 Å². The Morgan fingerprint density at radius 2 is 2.31 bits per heavy atom. The van der Waals surface area contributed by atoms with E-state index in [1.165, 1.54) is 0 Å². The summed E-state index contributed by atoms with van der Waals surface area (Å²) in [6.45, 7) is 0. The fourth-order valence-corrected chi connectivity index (χ4v) is 1.68. The molecule has 2 N–H and O–H groups in total. The number of imidazole rings is 1. The SMILES string of the molecule is O=C(O)c1ccc2nc(CCCCl)[nH]c2c1. The van der Waals surface area contributed by atoms with Crippen molar-refractivity contribution in [2.75, 3.05) is 5.88 Å². The molecule has 1 aromatic heterocycles. The summed E-state index contributed by atoms with van der Waals surface area (Å²) >= 11 is 5.60. The predicted octanol–water partition coefficient (Wildman–Crippen LogP) is 2.43. The summed E-state index contributed by atoms with van der Waals surface area (Å²) in [6.07, 6.45) is 1.63. The molecule has 0 saturated carbocycles. The molecular formula is C11H11ClN2O2. The van der Waals surface area contributed by atoms with E-state index in [1.807, 2.05) is 0 Å². The van der Waals surface area contributed by atoms with E-state index in [-0.39, 0.29) is 5.56 Å². The second-order valence-electron chi connectivity index (χ2n) is 3.51. The number of benzene rings is 1. The van der Waals surface area contributed by atoms with Gasteiger partial charge < -0.3 is 10.1 Å². The topological polar surface area (TPSA) is 66.0 Å². The van der Waals surface area contributed by atoms with Gasteiger partial charge in [-0.25, -0.2) is 9.78 Å². The number of nitrogens with zero attached hydrogens (tertiary/aromatic N) is 1. The molecular weight excluding hydrogens is 228 g/mol. The lowest BCUT2D eigenvalue weighted by atomic mass is 10.2. The van der Waals surface area contributed by atoms with Crippen LogP contribution in [0.4, 0.5) is 0 Å². The molecule has 1 heterocycles. The second kappa shape index (κ2) is 4.53. The van der Waals surface area contributed by atoms with Gasteiger partial charge in [0.05, 0.1) is 16.6 Å². The molecule has 2 aromatic rings. The van der Waals surface area contributed by atoms with Crippen LogP contribution in [0.1, 0.15) is 22.6 Å². The number of halogens is 1. The highest BCUT2D eigenvalue weighted by molar-refractivity contribution is 6.17. The highest BCUT2D eigenvalue weighted by atomic mass is 35.5. The van der Waals surface area contributed by atoms with Crippen LogP contribution in [-0.4, -0.2) is 26.9 Å². The predicted molar refractivity (Wildman–Crippen MR) is 62.1 cm³/mol. The number of aromatic nitrogens is 2. The summed E-state index contributed by atoms with van der Waals surface area (Å²) < 4.78 is 0. The highest BCUT2D eigenvalue weighted by Gasteiger charge is 2.07. The van der Waals surface area contributed by atoms with Crippen LogP contribution < -0.4 is 0 Å². The smallest absolute Gasteiger partial charge is 0.335 e. The van der Waals surface area contributed by atoms with Crippen molar-refractivity contribution in [1.29, 1.82) is 0 Å². The molecule has 4 nitrogen and oxygen atoms in total. The Balaban J connectivity index is 2.34. The fraction of sp³-hybridized carbons (Fsp3) is 0.273. The number of fused-ring (bicyclic) bond motifs is 1. The Kier molecular flexibility index (Phi) is 3.10. The molecule has 0 amide bonds. The number of aromatic carboxylic acids is 1. The molecule has 5 heteroatoms. The molecule has 0 aliphatic rings. The lowest BCUT2D eigenvalue weighted by molar-refractivity contribution is 0.0697. The van der Waals surface area contributed by atoms with Gasteiger partial charge in [-0.2, -0.15) is 0 Å². The number of H-pyrrole nitrogens is 1. The first-order chi connectivity index (χ1) is 7.70. The molecule has 0 fully saturated rings. The molecule has 0 radical (unpaired) electrons. The Morgan fingerprint density at radius 3 is 3.00 bits per heavy atom. The van der Waals surface area contributed by atoms with Gasteiger partial charge in [-0.05, 0) is 24.6 Å². The number of aromatic amines is 1. The maximum Gasteiger partial charge on any atom is 0.335 e. The molecule has 0 bridgehead atoms. The standard InChI is InChI=1S/C11H11ClN2O2/c12-5-1-2-10-13-8-4-3-7(11(15)16)6-9(8)14-10/h3-4,6H,1-2,5H2,(H,13,14)(H,15,16). The van der Waals surface area contributed by atoms with Crippen molar-refractivity contribution < 1.29 is 9.90 Å². The average Bonchev–Trinajstić information content (AvgIpc) is 2.67. The second-order valence-corrected chi connectivity index (χ2v) is 3.89. The van der Waals surface area contributed by atoms with Crippen LogP contribution in [0.5, 0.6) is 0 Å². The third-order valence-corrected chi connectivity index (χ3v) is 2.59. The van der Waals surface area contributed by atoms with Gasteiger partial charge in [0.25, 0.3) is 0 Å². The van der Waals surface area contributed by atoms with Crippen molar-refractivity contribution in [3.05, 3.63) is 29.6 Å². The fourth-order valence-electron chi connectivity index (χ4n) is 1.55. The minimum Gasteiger partial charge on any atom is -0.478 e. The molecule has 0 aliphatic heterocycles. The van der Waals surface area contributed by atoms with E-state index in [0.29, 0.717) is 5.88 Å². The van der Waals surface area contributed by atoms with E-state index in [1.54, 1.807) is 18.2 Å². The van der Waals surface area contributed by atoms with E-state index in [2.05, 4.69) is 9.97 Å². The van der Waals surface area contributed by atoms with E-state index < -0.39 is 5.97 Å². The maximum absolute atomic E-state index is 10.8. The minimum absolute atomic E-state index is 0.264. The van der Waals surface area contributed by atoms with Gasteiger partial charge in [0.2, 0.25) is 0 Å². The Morgan fingerprint density at radius 1 is 1.50 bits per heavy atom. The number of carboxylic acid groups (broad SMARTS) is 1. The first-order valence-corrected chi connectivity index (χ1v) is 5.52. The molecule has 0 aliphatic carbocycles. The van der Waals surface area contributed by atoms with Crippen LogP contribution in [0.2, 0.25) is 0 Å². The number of hydrogen-bond acceptors (Lipinski definition) is 2. The summed E-state index contributed by atoms with van der Waals surface area (Å²) in [4.78, 5) is 18.2. The number of alkyl halides is 1. The first-order valence-electron chi connectivity index (χ1n) is 4.98. The number of carboxylic acids is 1. The van der Waals surface area contributed by atoms with Crippen molar-refractivity contribution in [3.63, 3.8) is 0 Å². The van der Waals surface area contributed by atoms with E-state index in [0.717, 1.165) is 29.7 Å². The number of rotatable bonds is 4. The van der Waals surface area contributed by atoms with Crippen molar-refractivity contribution in [1.82, 2.24) is 9.97 Å². The summed E-state index contributed by atoms with van der Waals surface area (Å²) in [6, 6.07) is 4.85. The molecule has 1 aromatic carbocycles. The zero-order valence-corrected chi connectivity index (χ0v) is 9.29. The number of aryl methyl sites for hydroxylation is 1. The monoisotopic (exact) mass is 238 g/mol. The van der Waals surface area contributed by atoms with Gasteiger partial charge in [0.1, 0.15) is 5.82 Å². The Bertz CT molecular complexity index is 522. The van der Waals surface area contributed by atoms with Gasteiger partial charge >= 0.3 is 5.97 Å². The van der Waals surface area contributed by atoms with Crippen LogP contribution >= 0.6 is 11.6 Å². The van der Waals surface area contributed by atoms with Gasteiger partial charge in [0.15, 0.2) is 0 Å². The highest BCUT2D eigenvalue weighted by Crippen LogP contribution is 2.14. The molecule has 0 unspecified atom stereocenters. The number of hydrogen-bond donors (Lipinski definition) is 2. The third kappa shape index (κ3) is 2.17. The van der Waals surface area contributed by atoms with Crippen molar-refractivity contribution >= 4 is 28.6 Å². The van der Waals surface area contributed by atoms with Crippen molar-refractivity contribution in [2.24, 2.45) is 0 Å². The van der Waals surface area contributed by atoms with E-state index in [9.17, 15) is 4.79 Å². The van der Waals surface area contributed by atoms with Crippen LogP contribution in [-0.2, 0) is 6.42 Å². The molecule has 0 spiro atoms. The first kappa shape index (κ1) is 11.0. The average molecular weight is 239 g/mol. The summed E-state index contributed by atoms with van der Waals surface area (Å²) in [7, 11) is 0.